The maximum atomic E-state index is 12.1. The molecule has 0 spiro atoms. The first kappa shape index (κ1) is 14.2. The summed E-state index contributed by atoms with van der Waals surface area (Å²) in [6.45, 7) is 0.497. The second-order valence-corrected chi connectivity index (χ2v) is 7.18. The zero-order valence-corrected chi connectivity index (χ0v) is 14.4. The number of carbonyl (C=O) groups is 1. The van der Waals surface area contributed by atoms with Crippen LogP contribution in [0.2, 0.25) is 0 Å². The Kier molecular flexibility index (Phi) is 4.23. The Hall–Kier alpha value is -0.720. The van der Waals surface area contributed by atoms with Crippen molar-refractivity contribution in [2.24, 2.45) is 0 Å². The zero-order chi connectivity index (χ0) is 14.1. The number of nitrogens with zero attached hydrogens (tertiary/aromatic N) is 1. The molecule has 0 saturated carbocycles. The zero-order valence-electron chi connectivity index (χ0n) is 10.4. The van der Waals surface area contributed by atoms with Crippen LogP contribution in [-0.2, 0) is 11.3 Å². The summed E-state index contributed by atoms with van der Waals surface area (Å²) in [5.74, 6) is 1.44. The van der Waals surface area contributed by atoms with E-state index < -0.39 is 0 Å². The minimum atomic E-state index is -0.00227. The van der Waals surface area contributed by atoms with Crippen LogP contribution < -0.4 is 0 Å². The maximum absolute atomic E-state index is 12.1. The van der Waals surface area contributed by atoms with E-state index in [1.807, 2.05) is 35.2 Å². The Labute approximate surface area is 138 Å². The van der Waals surface area contributed by atoms with Crippen molar-refractivity contribution in [3.8, 4) is 0 Å². The molecule has 20 heavy (non-hydrogen) atoms. The number of carbonyl (C=O) groups excluding carboxylic acids is 1. The lowest BCUT2D eigenvalue weighted by atomic mass is 10.2. The van der Waals surface area contributed by atoms with Crippen molar-refractivity contribution in [2.45, 2.75) is 11.9 Å². The van der Waals surface area contributed by atoms with Gasteiger partial charge in [-0.2, -0.15) is 0 Å². The van der Waals surface area contributed by atoms with E-state index in [1.54, 1.807) is 18.0 Å². The molecular weight excluding hydrogens is 406 g/mol. The standard InChI is InChI=1S/C14H11Br2NO2S/c15-10-4-1-5-11(16)13(10)14-17(12(18)8-20-14)7-9-3-2-6-19-9/h1-6,14H,7-8H2. The molecule has 0 radical (unpaired) electrons. The summed E-state index contributed by atoms with van der Waals surface area (Å²) in [4.78, 5) is 14.0. The Bertz CT molecular complexity index is 610. The number of thioether (sulfide) groups is 1. The summed E-state index contributed by atoms with van der Waals surface area (Å²) in [6.07, 6.45) is 1.63. The van der Waals surface area contributed by atoms with Crippen LogP contribution in [0.25, 0.3) is 0 Å². The van der Waals surface area contributed by atoms with Gasteiger partial charge in [0.05, 0.1) is 18.6 Å². The predicted molar refractivity (Wildman–Crippen MR) is 86.3 cm³/mol. The first-order valence-electron chi connectivity index (χ1n) is 6.04. The smallest absolute Gasteiger partial charge is 0.234 e. The van der Waals surface area contributed by atoms with E-state index in [2.05, 4.69) is 31.9 Å². The minimum absolute atomic E-state index is 0.00227. The molecule has 1 aromatic heterocycles. The number of halogens is 2. The third kappa shape index (κ3) is 2.69. The van der Waals surface area contributed by atoms with E-state index in [4.69, 9.17) is 4.42 Å². The van der Waals surface area contributed by atoms with Crippen LogP contribution >= 0.6 is 43.6 Å². The molecular formula is C14H11Br2NO2S. The fourth-order valence-electron chi connectivity index (χ4n) is 2.18. The van der Waals surface area contributed by atoms with Gasteiger partial charge in [-0.05, 0) is 24.3 Å². The number of rotatable bonds is 3. The molecule has 1 saturated heterocycles. The summed E-state index contributed by atoms with van der Waals surface area (Å²) in [6, 6.07) is 9.69. The molecule has 1 fully saturated rings. The Morgan fingerprint density at radius 1 is 1.25 bits per heavy atom. The quantitative estimate of drug-likeness (QED) is 0.734. The molecule has 1 aliphatic heterocycles. The molecule has 6 heteroatoms. The van der Waals surface area contributed by atoms with E-state index in [1.165, 1.54) is 0 Å². The highest BCUT2D eigenvalue weighted by Crippen LogP contribution is 2.45. The third-order valence-corrected chi connectivity index (χ3v) is 5.72. The van der Waals surface area contributed by atoms with E-state index >= 15 is 0 Å². The molecule has 1 amide bonds. The largest absolute Gasteiger partial charge is 0.467 e. The molecule has 2 aromatic rings. The van der Waals surface area contributed by atoms with Gasteiger partial charge in [0, 0.05) is 14.5 Å². The van der Waals surface area contributed by atoms with Crippen LogP contribution in [0.4, 0.5) is 0 Å². The highest BCUT2D eigenvalue weighted by molar-refractivity contribution is 9.11. The molecule has 1 atom stereocenters. The van der Waals surface area contributed by atoms with Gasteiger partial charge in [0.25, 0.3) is 0 Å². The van der Waals surface area contributed by atoms with Gasteiger partial charge in [0.2, 0.25) is 5.91 Å². The number of amides is 1. The van der Waals surface area contributed by atoms with E-state index in [9.17, 15) is 4.79 Å². The predicted octanol–water partition coefficient (Wildman–Crippen LogP) is 4.58. The molecule has 104 valence electrons. The monoisotopic (exact) mass is 415 g/mol. The van der Waals surface area contributed by atoms with Crippen LogP contribution in [0.3, 0.4) is 0 Å². The Balaban J connectivity index is 1.93. The lowest BCUT2D eigenvalue weighted by Gasteiger charge is -2.25. The van der Waals surface area contributed by atoms with Crippen LogP contribution in [0, 0.1) is 0 Å². The van der Waals surface area contributed by atoms with E-state index in [0.717, 1.165) is 20.3 Å². The normalized spacial score (nSPS) is 18.8. The lowest BCUT2D eigenvalue weighted by molar-refractivity contribution is -0.128. The van der Waals surface area contributed by atoms with Gasteiger partial charge in [-0.1, -0.05) is 37.9 Å². The number of hydrogen-bond donors (Lipinski definition) is 0. The molecule has 0 aliphatic carbocycles. The van der Waals surface area contributed by atoms with Crippen molar-refractivity contribution < 1.29 is 9.21 Å². The van der Waals surface area contributed by atoms with Gasteiger partial charge in [-0.3, -0.25) is 4.79 Å². The summed E-state index contributed by atoms with van der Waals surface area (Å²) < 4.78 is 7.37. The molecule has 3 nitrogen and oxygen atoms in total. The number of furan rings is 1. The number of benzene rings is 1. The van der Waals surface area contributed by atoms with Gasteiger partial charge < -0.3 is 9.32 Å². The van der Waals surface area contributed by atoms with Gasteiger partial charge in [0.1, 0.15) is 11.1 Å². The van der Waals surface area contributed by atoms with Gasteiger partial charge in [-0.25, -0.2) is 0 Å². The van der Waals surface area contributed by atoms with Crippen LogP contribution in [0.1, 0.15) is 16.7 Å². The van der Waals surface area contributed by atoms with Crippen LogP contribution in [-0.4, -0.2) is 16.6 Å². The first-order chi connectivity index (χ1) is 9.66. The average molecular weight is 417 g/mol. The van der Waals surface area contributed by atoms with Crippen molar-refractivity contribution in [3.63, 3.8) is 0 Å². The topological polar surface area (TPSA) is 33.5 Å². The molecule has 1 aromatic carbocycles. The van der Waals surface area contributed by atoms with Gasteiger partial charge in [0.15, 0.2) is 0 Å². The van der Waals surface area contributed by atoms with E-state index in [0.29, 0.717) is 12.3 Å². The molecule has 3 rings (SSSR count). The van der Waals surface area contributed by atoms with E-state index in [-0.39, 0.29) is 11.3 Å². The van der Waals surface area contributed by atoms with Gasteiger partial charge in [-0.15, -0.1) is 11.8 Å². The number of hydrogen-bond acceptors (Lipinski definition) is 3. The van der Waals surface area contributed by atoms with Crippen molar-refractivity contribution in [3.05, 3.63) is 56.9 Å². The molecule has 2 heterocycles. The average Bonchev–Trinajstić information content (AvgIpc) is 3.03. The second kappa shape index (κ2) is 5.95. The fourth-order valence-corrected chi connectivity index (χ4v) is 5.18. The van der Waals surface area contributed by atoms with Crippen LogP contribution in [0.15, 0.2) is 50.0 Å². The summed E-state index contributed by atoms with van der Waals surface area (Å²) in [5, 5.41) is -0.00227. The summed E-state index contributed by atoms with van der Waals surface area (Å²) in [7, 11) is 0. The maximum Gasteiger partial charge on any atom is 0.234 e. The summed E-state index contributed by atoms with van der Waals surface area (Å²) >= 11 is 8.79. The van der Waals surface area contributed by atoms with Gasteiger partial charge >= 0.3 is 0 Å². The lowest BCUT2D eigenvalue weighted by Crippen LogP contribution is -2.27. The van der Waals surface area contributed by atoms with Crippen LogP contribution in [0.5, 0.6) is 0 Å². The fraction of sp³-hybridized carbons (Fsp3) is 0.214. The Morgan fingerprint density at radius 3 is 2.65 bits per heavy atom. The highest BCUT2D eigenvalue weighted by atomic mass is 79.9. The van der Waals surface area contributed by atoms with Crippen molar-refractivity contribution in [1.82, 2.24) is 4.90 Å². The van der Waals surface area contributed by atoms with Crippen molar-refractivity contribution in [2.75, 3.05) is 5.75 Å². The molecule has 0 N–H and O–H groups in total. The SMILES string of the molecule is O=C1CSC(c2c(Br)cccc2Br)N1Cc1ccco1. The first-order valence-corrected chi connectivity index (χ1v) is 8.67. The minimum Gasteiger partial charge on any atom is -0.467 e. The molecule has 1 unspecified atom stereocenters. The molecule has 0 bridgehead atoms. The summed E-state index contributed by atoms with van der Waals surface area (Å²) in [5.41, 5.74) is 1.09. The highest BCUT2D eigenvalue weighted by Gasteiger charge is 2.35. The van der Waals surface area contributed by atoms with Crippen molar-refractivity contribution >= 4 is 49.5 Å². The molecule has 1 aliphatic rings. The Morgan fingerprint density at radius 2 is 2.00 bits per heavy atom. The third-order valence-electron chi connectivity index (χ3n) is 3.12. The second-order valence-electron chi connectivity index (χ2n) is 4.40. The van der Waals surface area contributed by atoms with Crippen molar-refractivity contribution in [1.29, 1.82) is 0 Å².